The van der Waals surface area contributed by atoms with E-state index < -0.39 is 37.1 Å². The summed E-state index contributed by atoms with van der Waals surface area (Å²) in [5.74, 6) is 0.765. The number of methoxy groups -OCH3 is 2. The molecule has 0 radical (unpaired) electrons. The molecular weight excluding hydrogens is 963 g/mol. The number of hydrogen-bond acceptors (Lipinski definition) is 12. The Bertz CT molecular complexity index is 2390. The fourth-order valence-electron chi connectivity index (χ4n) is 5.72. The number of allylic oxidation sites excluding steroid dienone is 1. The summed E-state index contributed by atoms with van der Waals surface area (Å²) in [6.45, 7) is 8.49. The van der Waals surface area contributed by atoms with Gasteiger partial charge in [0.25, 0.3) is 0 Å². The van der Waals surface area contributed by atoms with Crippen molar-refractivity contribution < 1.29 is 73.9 Å². The van der Waals surface area contributed by atoms with E-state index in [1.165, 1.54) is 36.4 Å². The van der Waals surface area contributed by atoms with Crippen molar-refractivity contribution in [2.75, 3.05) is 52.1 Å². The van der Waals surface area contributed by atoms with Crippen LogP contribution in [0.3, 0.4) is 0 Å². The quantitative estimate of drug-likeness (QED) is 0.0135. The summed E-state index contributed by atoms with van der Waals surface area (Å²) in [6.07, 6.45) is -2.89. The number of alkyl halides is 6. The second-order valence-electron chi connectivity index (χ2n) is 14.6. The van der Waals surface area contributed by atoms with Crippen molar-refractivity contribution in [1.29, 1.82) is 0 Å². The molecule has 0 amide bonds. The third-order valence-electron chi connectivity index (χ3n) is 9.18. The van der Waals surface area contributed by atoms with Gasteiger partial charge in [0.15, 0.2) is 0 Å². The summed E-state index contributed by atoms with van der Waals surface area (Å²) in [5.41, 5.74) is 16.2. The molecule has 0 spiro atoms. The molecule has 0 fully saturated rings. The largest absolute Gasteiger partial charge is 0.497 e. The first-order valence-electron chi connectivity index (χ1n) is 23.0. The molecule has 1 atom stereocenters. The van der Waals surface area contributed by atoms with E-state index in [2.05, 4.69) is 0 Å². The van der Waals surface area contributed by atoms with Crippen molar-refractivity contribution in [1.82, 2.24) is 0 Å². The van der Waals surface area contributed by atoms with Crippen molar-refractivity contribution >= 4 is 48.0 Å². The fraction of sp³-hybridized carbons (Fsp3) is 0.309. The summed E-state index contributed by atoms with van der Waals surface area (Å²) in [6, 6.07) is 31.4. The van der Waals surface area contributed by atoms with Gasteiger partial charge in [-0.25, -0.2) is 9.59 Å². The monoisotopic (exact) mass is 1030 g/mol. The molecule has 0 heterocycles. The number of halogens is 6. The lowest BCUT2D eigenvalue weighted by molar-refractivity contribution is -0.139. The minimum Gasteiger partial charge on any atom is -0.497 e. The number of benzene rings is 5. The van der Waals surface area contributed by atoms with Gasteiger partial charge in [-0.05, 0) is 127 Å². The minimum atomic E-state index is -4.19. The molecule has 1 unspecified atom stereocenters. The number of carbonyl (C=O) groups excluding carboxylic acids is 4. The van der Waals surface area contributed by atoms with Crippen LogP contribution in [0.5, 0.6) is 23.0 Å². The van der Waals surface area contributed by atoms with E-state index in [1.807, 2.05) is 58.0 Å². The molecule has 18 heteroatoms. The summed E-state index contributed by atoms with van der Waals surface area (Å²) < 4.78 is 103. The topological polar surface area (TPSA) is 176 Å². The van der Waals surface area contributed by atoms with Crippen molar-refractivity contribution in [3.05, 3.63) is 155 Å². The van der Waals surface area contributed by atoms with E-state index in [0.717, 1.165) is 22.4 Å². The Kier molecular flexibility index (Phi) is 30.8. The number of aldehydes is 2. The van der Waals surface area contributed by atoms with Crippen LogP contribution in [0.15, 0.2) is 127 Å². The molecule has 0 aromatic heterocycles. The number of nitrogens with two attached hydrogens (primary N) is 2. The Morgan fingerprint density at radius 3 is 1.55 bits per heavy atom. The van der Waals surface area contributed by atoms with Crippen molar-refractivity contribution in [3.63, 3.8) is 0 Å². The molecular formula is C55H64F6N2O10. The van der Waals surface area contributed by atoms with Gasteiger partial charge in [0.1, 0.15) is 42.2 Å². The first-order valence-corrected chi connectivity index (χ1v) is 23.0. The van der Waals surface area contributed by atoms with Gasteiger partial charge in [-0.3, -0.25) is 9.59 Å². The van der Waals surface area contributed by atoms with E-state index in [4.69, 9.17) is 39.9 Å². The summed E-state index contributed by atoms with van der Waals surface area (Å²) >= 11 is 0. The maximum atomic E-state index is 12.1. The normalized spacial score (nSPS) is 11.1. The van der Waals surface area contributed by atoms with Gasteiger partial charge in [-0.1, -0.05) is 64.1 Å². The van der Waals surface area contributed by atoms with Crippen molar-refractivity contribution in [2.24, 2.45) is 0 Å². The maximum absolute atomic E-state index is 12.1. The molecule has 12 nitrogen and oxygen atoms in total. The van der Waals surface area contributed by atoms with Crippen LogP contribution in [-0.4, -0.2) is 77.5 Å². The highest BCUT2D eigenvalue weighted by molar-refractivity contribution is 5.91. The highest BCUT2D eigenvalue weighted by Gasteiger charge is 2.27. The lowest BCUT2D eigenvalue weighted by atomic mass is 9.98. The van der Waals surface area contributed by atoms with Crippen LogP contribution < -0.4 is 30.4 Å². The minimum absolute atomic E-state index is 0.0138. The van der Waals surface area contributed by atoms with Crippen LogP contribution in [0, 0.1) is 0 Å². The predicted octanol–water partition coefficient (Wildman–Crippen LogP) is 13.0. The number of rotatable bonds is 21. The molecule has 0 saturated carbocycles. The average molecular weight is 1030 g/mol. The molecule has 0 aliphatic heterocycles. The van der Waals surface area contributed by atoms with Gasteiger partial charge in [-0.15, -0.1) is 0 Å². The standard InChI is InChI=1S/C20H17F3O4.C20H24N2O4.C11H11F3O2.2C2H6/c21-20(22,23)12-2-14-26-17-10-6-16(7-11-17)19(25)27-18-8-4-15(5-9-18)3-1-13-24;1-24-12-15(18-9-6-16(21)11-19(18)22)13-26-20(23)10-5-14-3-7-17(25-2)8-4-14;12-11(13,14)6-1-7-16-10-4-2-9(8-15)3-5-10;2*1-2/h1,3-11,13H,2,12,14H2;3-11,15H,12-13,21-22H2,1-2H3;2-5,8H,1,6-7H2;2*1-2H3/b3-1+;10-5+;;;. The van der Waals surface area contributed by atoms with Gasteiger partial charge in [0.05, 0.1) is 32.5 Å². The van der Waals surface area contributed by atoms with Crippen LogP contribution in [-0.2, 0) is 19.1 Å². The Balaban J connectivity index is 0.000000545. The zero-order valence-corrected chi connectivity index (χ0v) is 41.7. The molecule has 0 aliphatic rings. The van der Waals surface area contributed by atoms with Crippen molar-refractivity contribution in [2.45, 2.75) is 71.6 Å². The second kappa shape index (κ2) is 35.5. The smallest absolute Gasteiger partial charge is 0.389 e. The maximum Gasteiger partial charge on any atom is 0.389 e. The van der Waals surface area contributed by atoms with Crippen LogP contribution >= 0.6 is 0 Å². The Labute approximate surface area is 422 Å². The molecule has 0 aliphatic carbocycles. The third-order valence-corrected chi connectivity index (χ3v) is 9.18. The fourth-order valence-corrected chi connectivity index (χ4v) is 5.72. The summed E-state index contributed by atoms with van der Waals surface area (Å²) in [4.78, 5) is 44.7. The lowest BCUT2D eigenvalue weighted by Crippen LogP contribution is -2.17. The number of esters is 2. The molecule has 73 heavy (non-hydrogen) atoms. The number of carbonyl (C=O) groups is 4. The number of ether oxygens (including phenoxy) is 6. The van der Waals surface area contributed by atoms with Crippen molar-refractivity contribution in [3.8, 4) is 23.0 Å². The molecule has 5 aromatic carbocycles. The number of hydrogen-bond donors (Lipinski definition) is 2. The van der Waals surface area contributed by atoms with E-state index in [1.54, 1.807) is 87.0 Å². The van der Waals surface area contributed by atoms with Gasteiger partial charge < -0.3 is 39.9 Å². The van der Waals surface area contributed by atoms with Crippen LogP contribution in [0.1, 0.15) is 96.7 Å². The Hall–Kier alpha value is -7.60. The molecule has 5 aromatic rings. The molecule has 396 valence electrons. The Morgan fingerprint density at radius 2 is 1.08 bits per heavy atom. The average Bonchev–Trinajstić information content (AvgIpc) is 3.38. The zero-order chi connectivity index (χ0) is 54.7. The lowest BCUT2D eigenvalue weighted by Gasteiger charge is -2.18. The highest BCUT2D eigenvalue weighted by atomic mass is 19.4. The van der Waals surface area contributed by atoms with Gasteiger partial charge in [0.2, 0.25) is 0 Å². The van der Waals surface area contributed by atoms with Crippen LogP contribution in [0.25, 0.3) is 12.2 Å². The number of nitrogen functional groups attached to an aromatic ring is 2. The van der Waals surface area contributed by atoms with E-state index in [9.17, 15) is 45.5 Å². The van der Waals surface area contributed by atoms with Gasteiger partial charge >= 0.3 is 24.3 Å². The van der Waals surface area contributed by atoms with Gasteiger partial charge in [-0.2, -0.15) is 26.3 Å². The van der Waals surface area contributed by atoms with Crippen LogP contribution in [0.4, 0.5) is 37.7 Å². The molecule has 5 rings (SSSR count). The zero-order valence-electron chi connectivity index (χ0n) is 41.7. The predicted molar refractivity (Wildman–Crippen MR) is 272 cm³/mol. The summed E-state index contributed by atoms with van der Waals surface area (Å²) in [7, 11) is 3.19. The first-order chi connectivity index (χ1) is 34.9. The second-order valence-corrected chi connectivity index (χ2v) is 14.6. The summed E-state index contributed by atoms with van der Waals surface area (Å²) in [5, 5.41) is 0. The van der Waals surface area contributed by atoms with Crippen LogP contribution in [0.2, 0.25) is 0 Å². The molecule has 0 saturated heterocycles. The molecule has 4 N–H and O–H groups in total. The van der Waals surface area contributed by atoms with E-state index in [0.29, 0.717) is 53.4 Å². The first kappa shape index (κ1) is 63.4. The third kappa shape index (κ3) is 28.1. The highest BCUT2D eigenvalue weighted by Crippen LogP contribution is 2.26. The number of anilines is 2. The molecule has 0 bridgehead atoms. The van der Waals surface area contributed by atoms with E-state index in [-0.39, 0.29) is 44.1 Å². The SMILES string of the molecule is CC.CC.COCC(COC(=O)/C=C/c1ccc(OC)cc1)c1ccc(N)cc1N.O=C/C=C/c1ccc(OC(=O)c2ccc(OCCCC(F)(F)F)cc2)cc1.O=Cc1ccc(OCCCC(F)(F)F)cc1. The Morgan fingerprint density at radius 1 is 0.603 bits per heavy atom. The van der Waals surface area contributed by atoms with E-state index >= 15 is 0 Å². The van der Waals surface area contributed by atoms with Gasteiger partial charge in [0, 0.05) is 48.9 Å².